The third kappa shape index (κ3) is 3.60. The van der Waals surface area contributed by atoms with Crippen LogP contribution in [-0.4, -0.2) is 47.5 Å². The van der Waals surface area contributed by atoms with Crippen LogP contribution < -0.4 is 0 Å². The molecule has 1 fully saturated rings. The van der Waals surface area contributed by atoms with Gasteiger partial charge in [0, 0.05) is 24.6 Å². The zero-order chi connectivity index (χ0) is 14.4. The molecule has 3 heteroatoms. The van der Waals surface area contributed by atoms with Crippen molar-refractivity contribution in [2.24, 2.45) is 0 Å². The van der Waals surface area contributed by atoms with Crippen molar-refractivity contribution in [1.29, 1.82) is 0 Å². The Morgan fingerprint density at radius 2 is 2.00 bits per heavy atom. The molecule has 112 valence electrons. The van der Waals surface area contributed by atoms with E-state index < -0.39 is 0 Å². The van der Waals surface area contributed by atoms with Gasteiger partial charge in [-0.2, -0.15) is 0 Å². The van der Waals surface area contributed by atoms with Gasteiger partial charge in [0.15, 0.2) is 0 Å². The lowest BCUT2D eigenvalue weighted by molar-refractivity contribution is 0.129. The van der Waals surface area contributed by atoms with Gasteiger partial charge in [-0.1, -0.05) is 37.3 Å². The Labute approximate surface area is 122 Å². The topological polar surface area (TPSA) is 43.7 Å². The summed E-state index contributed by atoms with van der Waals surface area (Å²) in [6, 6.07) is 10.9. The minimum atomic E-state index is -0.205. The lowest BCUT2D eigenvalue weighted by Crippen LogP contribution is -2.43. The second-order valence-electron chi connectivity index (χ2n) is 6.22. The quantitative estimate of drug-likeness (QED) is 0.803. The summed E-state index contributed by atoms with van der Waals surface area (Å²) in [5, 5.41) is 18.9. The second kappa shape index (κ2) is 7.21. The van der Waals surface area contributed by atoms with Crippen LogP contribution in [0.15, 0.2) is 30.3 Å². The summed E-state index contributed by atoms with van der Waals surface area (Å²) in [6.07, 6.45) is 4.39. The first-order chi connectivity index (χ1) is 9.69. The number of likely N-dealkylation sites (tertiary alicyclic amines) is 1. The number of benzene rings is 1. The SMILES string of the molecule is CC(CO)(CN1CCCC1CCCO)c1ccccc1. The number of hydrogen-bond acceptors (Lipinski definition) is 3. The van der Waals surface area contributed by atoms with Gasteiger partial charge in [0.1, 0.15) is 0 Å². The van der Waals surface area contributed by atoms with E-state index in [0.29, 0.717) is 6.04 Å². The van der Waals surface area contributed by atoms with Gasteiger partial charge in [-0.3, -0.25) is 4.90 Å². The van der Waals surface area contributed by atoms with Gasteiger partial charge in [0.25, 0.3) is 0 Å². The summed E-state index contributed by atoms with van der Waals surface area (Å²) >= 11 is 0. The normalized spacial score (nSPS) is 22.9. The third-order valence-electron chi connectivity index (χ3n) is 4.57. The van der Waals surface area contributed by atoms with Crippen LogP contribution in [0, 0.1) is 0 Å². The molecule has 2 unspecified atom stereocenters. The van der Waals surface area contributed by atoms with Crippen molar-refractivity contribution in [3.05, 3.63) is 35.9 Å². The van der Waals surface area contributed by atoms with Crippen LogP contribution in [-0.2, 0) is 5.41 Å². The highest BCUT2D eigenvalue weighted by atomic mass is 16.3. The monoisotopic (exact) mass is 277 g/mol. The maximum atomic E-state index is 9.89. The fourth-order valence-corrected chi connectivity index (χ4v) is 3.28. The molecule has 1 aromatic carbocycles. The molecule has 2 atom stereocenters. The molecule has 0 spiro atoms. The number of aliphatic hydroxyl groups is 2. The number of aliphatic hydroxyl groups excluding tert-OH is 2. The molecular formula is C17H27NO2. The fourth-order valence-electron chi connectivity index (χ4n) is 3.28. The third-order valence-corrected chi connectivity index (χ3v) is 4.57. The standard InChI is InChI=1S/C17H27NO2/c1-17(14-20,15-7-3-2-4-8-15)13-18-11-5-9-16(18)10-6-12-19/h2-4,7-8,16,19-20H,5-6,9-14H2,1H3. The second-order valence-corrected chi connectivity index (χ2v) is 6.22. The summed E-state index contributed by atoms with van der Waals surface area (Å²) in [6.45, 7) is 4.59. The van der Waals surface area contributed by atoms with Crippen LogP contribution in [0.1, 0.15) is 38.2 Å². The van der Waals surface area contributed by atoms with E-state index in [9.17, 15) is 5.11 Å². The molecule has 1 heterocycles. The van der Waals surface area contributed by atoms with Crippen molar-refractivity contribution in [1.82, 2.24) is 4.90 Å². The van der Waals surface area contributed by atoms with Crippen molar-refractivity contribution < 1.29 is 10.2 Å². The molecule has 0 amide bonds. The largest absolute Gasteiger partial charge is 0.396 e. The van der Waals surface area contributed by atoms with Gasteiger partial charge >= 0.3 is 0 Å². The van der Waals surface area contributed by atoms with E-state index in [0.717, 1.165) is 25.9 Å². The lowest BCUT2D eigenvalue weighted by Gasteiger charge is -2.35. The van der Waals surface area contributed by atoms with Crippen molar-refractivity contribution in [3.63, 3.8) is 0 Å². The summed E-state index contributed by atoms with van der Waals surface area (Å²) in [5.41, 5.74) is 0.999. The van der Waals surface area contributed by atoms with E-state index in [-0.39, 0.29) is 18.6 Å². The van der Waals surface area contributed by atoms with Crippen molar-refractivity contribution in [2.45, 2.75) is 44.1 Å². The van der Waals surface area contributed by atoms with Crippen LogP contribution in [0.5, 0.6) is 0 Å². The van der Waals surface area contributed by atoms with E-state index in [4.69, 9.17) is 5.11 Å². The molecule has 2 N–H and O–H groups in total. The maximum absolute atomic E-state index is 9.89. The lowest BCUT2D eigenvalue weighted by atomic mass is 9.82. The summed E-state index contributed by atoms with van der Waals surface area (Å²) in [4.78, 5) is 2.50. The molecule has 20 heavy (non-hydrogen) atoms. The van der Waals surface area contributed by atoms with E-state index in [1.807, 2.05) is 18.2 Å². The first kappa shape index (κ1) is 15.5. The molecule has 2 rings (SSSR count). The van der Waals surface area contributed by atoms with Gasteiger partial charge < -0.3 is 10.2 Å². The van der Waals surface area contributed by atoms with Gasteiger partial charge in [0.2, 0.25) is 0 Å². The number of hydrogen-bond donors (Lipinski definition) is 2. The molecule has 1 aliphatic rings. The predicted octanol–water partition coefficient (Wildman–Crippen LogP) is 2.17. The molecule has 0 aliphatic carbocycles. The smallest absolute Gasteiger partial charge is 0.0537 e. The van der Waals surface area contributed by atoms with Crippen LogP contribution in [0.4, 0.5) is 0 Å². The molecule has 0 saturated carbocycles. The minimum Gasteiger partial charge on any atom is -0.396 e. The highest BCUT2D eigenvalue weighted by Gasteiger charge is 2.33. The highest BCUT2D eigenvalue weighted by molar-refractivity contribution is 5.25. The molecular weight excluding hydrogens is 250 g/mol. The Morgan fingerprint density at radius 3 is 2.65 bits per heavy atom. The van der Waals surface area contributed by atoms with Gasteiger partial charge in [-0.15, -0.1) is 0 Å². The Balaban J connectivity index is 2.05. The Bertz CT molecular complexity index is 395. The van der Waals surface area contributed by atoms with Gasteiger partial charge in [-0.05, 0) is 37.8 Å². The predicted molar refractivity (Wildman–Crippen MR) is 81.8 cm³/mol. The van der Waals surface area contributed by atoms with Gasteiger partial charge in [0.05, 0.1) is 6.61 Å². The summed E-state index contributed by atoms with van der Waals surface area (Å²) < 4.78 is 0. The molecule has 0 radical (unpaired) electrons. The van der Waals surface area contributed by atoms with Crippen LogP contribution >= 0.6 is 0 Å². The molecule has 0 aromatic heterocycles. The minimum absolute atomic E-state index is 0.167. The van der Waals surface area contributed by atoms with Crippen LogP contribution in [0.3, 0.4) is 0 Å². The van der Waals surface area contributed by atoms with E-state index >= 15 is 0 Å². The van der Waals surface area contributed by atoms with Crippen LogP contribution in [0.25, 0.3) is 0 Å². The molecule has 0 bridgehead atoms. The number of rotatable bonds is 7. The highest BCUT2D eigenvalue weighted by Crippen LogP contribution is 2.29. The molecule has 3 nitrogen and oxygen atoms in total. The average molecular weight is 277 g/mol. The number of nitrogens with zero attached hydrogens (tertiary/aromatic N) is 1. The van der Waals surface area contributed by atoms with Gasteiger partial charge in [-0.25, -0.2) is 0 Å². The maximum Gasteiger partial charge on any atom is 0.0537 e. The average Bonchev–Trinajstić information content (AvgIpc) is 2.93. The molecule has 1 aromatic rings. The zero-order valence-electron chi connectivity index (χ0n) is 12.5. The molecule has 1 saturated heterocycles. The summed E-state index contributed by atoms with van der Waals surface area (Å²) in [7, 11) is 0. The van der Waals surface area contributed by atoms with Crippen molar-refractivity contribution >= 4 is 0 Å². The van der Waals surface area contributed by atoms with Crippen molar-refractivity contribution in [2.75, 3.05) is 26.3 Å². The van der Waals surface area contributed by atoms with Crippen LogP contribution in [0.2, 0.25) is 0 Å². The first-order valence-electron chi connectivity index (χ1n) is 7.71. The molecule has 1 aliphatic heterocycles. The first-order valence-corrected chi connectivity index (χ1v) is 7.71. The Kier molecular flexibility index (Phi) is 5.58. The van der Waals surface area contributed by atoms with E-state index in [1.165, 1.54) is 18.4 Å². The summed E-state index contributed by atoms with van der Waals surface area (Å²) in [5.74, 6) is 0. The fraction of sp³-hybridized carbons (Fsp3) is 0.647. The van der Waals surface area contributed by atoms with E-state index in [1.54, 1.807) is 0 Å². The van der Waals surface area contributed by atoms with Crippen molar-refractivity contribution in [3.8, 4) is 0 Å². The Morgan fingerprint density at radius 1 is 1.25 bits per heavy atom. The Hall–Kier alpha value is -0.900. The zero-order valence-corrected chi connectivity index (χ0v) is 12.5. The van der Waals surface area contributed by atoms with E-state index in [2.05, 4.69) is 24.0 Å².